The number of ether oxygens (including phenoxy) is 2. The molecule has 4 nitrogen and oxygen atoms in total. The van der Waals surface area contributed by atoms with Crippen molar-refractivity contribution >= 4 is 17.7 Å². The van der Waals surface area contributed by atoms with E-state index in [2.05, 4.69) is 5.32 Å². The number of hydrogen-bond acceptors (Lipinski definition) is 3. The highest BCUT2D eigenvalue weighted by atomic mass is 35.5. The molecule has 21 heavy (non-hydrogen) atoms. The standard InChI is InChI=1S/C16H22ClNO3/c1-16(2,3)21-15(19)18-9-8-14-12-7-5-4-6-11(12)13(17)10-20-14/h4-7,13-14H,8-10H2,1-3H3,(H,18,19). The monoisotopic (exact) mass is 311 g/mol. The van der Waals surface area contributed by atoms with Gasteiger partial charge in [-0.05, 0) is 38.3 Å². The summed E-state index contributed by atoms with van der Waals surface area (Å²) < 4.78 is 11.0. The second kappa shape index (κ2) is 6.67. The first-order valence-corrected chi connectivity index (χ1v) is 7.62. The van der Waals surface area contributed by atoms with E-state index >= 15 is 0 Å². The number of carbonyl (C=O) groups is 1. The molecule has 1 aromatic rings. The molecule has 1 heterocycles. The summed E-state index contributed by atoms with van der Waals surface area (Å²) in [5, 5.41) is 2.65. The number of hydrogen-bond donors (Lipinski definition) is 1. The lowest BCUT2D eigenvalue weighted by Gasteiger charge is -2.29. The quantitative estimate of drug-likeness (QED) is 0.860. The number of rotatable bonds is 3. The van der Waals surface area contributed by atoms with Gasteiger partial charge in [-0.25, -0.2) is 4.79 Å². The minimum Gasteiger partial charge on any atom is -0.444 e. The molecule has 2 rings (SSSR count). The van der Waals surface area contributed by atoms with Crippen LogP contribution in [-0.4, -0.2) is 24.8 Å². The van der Waals surface area contributed by atoms with E-state index in [9.17, 15) is 4.79 Å². The van der Waals surface area contributed by atoms with E-state index in [1.165, 1.54) is 0 Å². The molecule has 2 unspecified atom stereocenters. The van der Waals surface area contributed by atoms with Gasteiger partial charge in [-0.1, -0.05) is 24.3 Å². The molecular formula is C16H22ClNO3. The molecule has 1 aliphatic rings. The van der Waals surface area contributed by atoms with Crippen LogP contribution >= 0.6 is 11.6 Å². The maximum Gasteiger partial charge on any atom is 0.407 e. The Balaban J connectivity index is 1.87. The highest BCUT2D eigenvalue weighted by Gasteiger charge is 2.26. The molecule has 0 fully saturated rings. The Morgan fingerprint density at radius 1 is 1.38 bits per heavy atom. The van der Waals surface area contributed by atoms with Crippen LogP contribution in [0.25, 0.3) is 0 Å². The number of benzene rings is 1. The molecule has 1 aliphatic heterocycles. The molecule has 0 saturated carbocycles. The third-order valence-electron chi connectivity index (χ3n) is 3.20. The van der Waals surface area contributed by atoms with Crippen LogP contribution in [-0.2, 0) is 9.47 Å². The van der Waals surface area contributed by atoms with Crippen molar-refractivity contribution in [2.45, 2.75) is 44.3 Å². The van der Waals surface area contributed by atoms with Gasteiger partial charge in [-0.15, -0.1) is 11.6 Å². The summed E-state index contributed by atoms with van der Waals surface area (Å²) >= 11 is 6.25. The summed E-state index contributed by atoms with van der Waals surface area (Å²) in [7, 11) is 0. The maximum absolute atomic E-state index is 11.6. The van der Waals surface area contributed by atoms with Crippen LogP contribution < -0.4 is 5.32 Å². The zero-order valence-corrected chi connectivity index (χ0v) is 13.4. The van der Waals surface area contributed by atoms with E-state index in [4.69, 9.17) is 21.1 Å². The molecule has 5 heteroatoms. The van der Waals surface area contributed by atoms with Gasteiger partial charge in [0.1, 0.15) is 5.60 Å². The fraction of sp³-hybridized carbons (Fsp3) is 0.562. The van der Waals surface area contributed by atoms with Gasteiger partial charge < -0.3 is 14.8 Å². The van der Waals surface area contributed by atoms with Crippen molar-refractivity contribution in [3.8, 4) is 0 Å². The highest BCUT2D eigenvalue weighted by Crippen LogP contribution is 2.37. The van der Waals surface area contributed by atoms with Crippen LogP contribution in [0.1, 0.15) is 49.8 Å². The van der Waals surface area contributed by atoms with Crippen molar-refractivity contribution < 1.29 is 14.3 Å². The number of amides is 1. The SMILES string of the molecule is CC(C)(C)OC(=O)NCCC1OCC(Cl)c2ccccc21. The molecule has 0 saturated heterocycles. The first-order valence-electron chi connectivity index (χ1n) is 7.18. The van der Waals surface area contributed by atoms with Crippen molar-refractivity contribution in [2.75, 3.05) is 13.2 Å². The number of nitrogens with one attached hydrogen (secondary N) is 1. The van der Waals surface area contributed by atoms with Crippen molar-refractivity contribution in [2.24, 2.45) is 0 Å². The summed E-state index contributed by atoms with van der Waals surface area (Å²) in [5.74, 6) is 0. The van der Waals surface area contributed by atoms with Crippen molar-refractivity contribution in [3.63, 3.8) is 0 Å². The van der Waals surface area contributed by atoms with Crippen LogP contribution in [0.4, 0.5) is 4.79 Å². The van der Waals surface area contributed by atoms with Gasteiger partial charge in [0.05, 0.1) is 18.1 Å². The summed E-state index contributed by atoms with van der Waals surface area (Å²) in [4.78, 5) is 11.6. The Kier molecular flexibility index (Phi) is 5.12. The van der Waals surface area contributed by atoms with Gasteiger partial charge in [0, 0.05) is 6.54 Å². The van der Waals surface area contributed by atoms with Crippen molar-refractivity contribution in [1.29, 1.82) is 0 Å². The van der Waals surface area contributed by atoms with E-state index in [1.54, 1.807) is 0 Å². The number of alkyl carbamates (subject to hydrolysis) is 1. The molecule has 0 spiro atoms. The minimum absolute atomic E-state index is 0.0360. The number of halogens is 1. The topological polar surface area (TPSA) is 47.6 Å². The van der Waals surface area contributed by atoms with E-state index in [1.807, 2.05) is 45.0 Å². The van der Waals surface area contributed by atoms with Crippen LogP contribution in [0.5, 0.6) is 0 Å². The largest absolute Gasteiger partial charge is 0.444 e. The van der Waals surface area contributed by atoms with Crippen LogP contribution in [0, 0.1) is 0 Å². The van der Waals surface area contributed by atoms with Gasteiger partial charge in [0.2, 0.25) is 0 Å². The van der Waals surface area contributed by atoms with Crippen molar-refractivity contribution in [3.05, 3.63) is 35.4 Å². The molecule has 0 aromatic heterocycles. The highest BCUT2D eigenvalue weighted by molar-refractivity contribution is 6.21. The zero-order valence-electron chi connectivity index (χ0n) is 12.7. The molecule has 1 aromatic carbocycles. The lowest BCUT2D eigenvalue weighted by molar-refractivity contribution is 0.0308. The smallest absolute Gasteiger partial charge is 0.407 e. The lowest BCUT2D eigenvalue weighted by atomic mass is 9.95. The van der Waals surface area contributed by atoms with Crippen LogP contribution in [0.2, 0.25) is 0 Å². The Morgan fingerprint density at radius 2 is 2.05 bits per heavy atom. The minimum atomic E-state index is -0.482. The Bertz CT molecular complexity index is 499. The first-order chi connectivity index (χ1) is 9.87. The van der Waals surface area contributed by atoms with Gasteiger partial charge in [-0.2, -0.15) is 0 Å². The predicted molar refractivity (Wildman–Crippen MR) is 82.6 cm³/mol. The third kappa shape index (κ3) is 4.61. The molecule has 0 aliphatic carbocycles. The van der Waals surface area contributed by atoms with Gasteiger partial charge in [0.25, 0.3) is 0 Å². The second-order valence-corrected chi connectivity index (χ2v) is 6.66. The Hall–Kier alpha value is -1.26. The van der Waals surface area contributed by atoms with Gasteiger partial charge in [-0.3, -0.25) is 0 Å². The second-order valence-electron chi connectivity index (χ2n) is 6.14. The maximum atomic E-state index is 11.6. The summed E-state index contributed by atoms with van der Waals surface area (Å²) in [6.45, 7) is 6.52. The Labute approximate surface area is 130 Å². The van der Waals surface area contributed by atoms with E-state index in [-0.39, 0.29) is 11.5 Å². The zero-order chi connectivity index (χ0) is 15.5. The molecule has 2 atom stereocenters. The summed E-state index contributed by atoms with van der Waals surface area (Å²) in [5.41, 5.74) is 1.74. The fourth-order valence-electron chi connectivity index (χ4n) is 2.33. The molecule has 1 N–H and O–H groups in total. The molecule has 0 bridgehead atoms. The first kappa shape index (κ1) is 16.1. The molecule has 0 radical (unpaired) electrons. The molecule has 116 valence electrons. The van der Waals surface area contributed by atoms with Gasteiger partial charge in [0.15, 0.2) is 0 Å². The van der Waals surface area contributed by atoms with Crippen LogP contribution in [0.3, 0.4) is 0 Å². The van der Waals surface area contributed by atoms with E-state index < -0.39 is 11.7 Å². The van der Waals surface area contributed by atoms with Crippen molar-refractivity contribution in [1.82, 2.24) is 5.32 Å². The fourth-order valence-corrected chi connectivity index (χ4v) is 2.60. The third-order valence-corrected chi connectivity index (χ3v) is 3.56. The molecule has 1 amide bonds. The number of alkyl halides is 1. The summed E-state index contributed by atoms with van der Waals surface area (Å²) in [6.07, 6.45) is 0.257. The molecular weight excluding hydrogens is 290 g/mol. The normalized spacial score (nSPS) is 21.5. The predicted octanol–water partition coefficient (Wildman–Crippen LogP) is 3.95. The number of fused-ring (bicyclic) bond motifs is 1. The lowest BCUT2D eigenvalue weighted by Crippen LogP contribution is -2.34. The number of carbonyl (C=O) groups excluding carboxylic acids is 1. The van der Waals surface area contributed by atoms with E-state index in [0.717, 1.165) is 11.1 Å². The average molecular weight is 312 g/mol. The van der Waals surface area contributed by atoms with Gasteiger partial charge >= 0.3 is 6.09 Å². The average Bonchev–Trinajstić information content (AvgIpc) is 2.40. The Morgan fingerprint density at radius 3 is 2.71 bits per heavy atom. The van der Waals surface area contributed by atoms with Crippen LogP contribution in [0.15, 0.2) is 24.3 Å². The van der Waals surface area contributed by atoms with E-state index in [0.29, 0.717) is 19.6 Å². The summed E-state index contributed by atoms with van der Waals surface area (Å²) in [6, 6.07) is 8.02.